The largest absolute Gasteiger partial charge is 0.504 e. The van der Waals surface area contributed by atoms with Gasteiger partial charge < -0.3 is 40.5 Å². The number of aromatic hydroxyl groups is 2. The molecule has 0 aliphatic carbocycles. The smallest absolute Gasteiger partial charge is 0.372 e. The number of benzene rings is 1. The van der Waals surface area contributed by atoms with Gasteiger partial charge in [-0.1, -0.05) is 5.16 Å². The molecule has 5 aliphatic heterocycles. The van der Waals surface area contributed by atoms with Crippen LogP contribution in [0.25, 0.3) is 0 Å². The highest BCUT2D eigenvalue weighted by molar-refractivity contribution is 7.90. The summed E-state index contributed by atoms with van der Waals surface area (Å²) in [4.78, 5) is 92.8. The molecule has 5 atom stereocenters. The van der Waals surface area contributed by atoms with E-state index in [1.165, 1.54) is 5.38 Å². The SMILES string of the molecule is Nc1nc(/C(=N/OC2(C(=O)O)CC3CCC(C2)O3)C(=O)C[C@H]2CON(C3(C(=O)O)CC(N4C(=O)c5cc(O)c(O)cc5S4(=O)=O)C(=O)O3)C2=O)cs1. The standard InChI is InChI=1S/C29H27N5O16S2/c30-27-31-15(10-51-27)21(32-50-28(25(41)42)6-12-1-2-13(7-28)48-12)19(37)3-11-9-47-34(22(11)38)29(26(43)44)8-16(24(40)49-29)33-23(39)14-4-17(35)18(36)5-20(14)52(33,45)46/h4-5,10-13,16,35-36H,1-3,6-9H2,(H2,30,31)(H,41,42)(H,43,44)/b32-21-/t11-,12?,13?,16?,28?,29?/m0/s1. The molecule has 4 unspecified atom stereocenters. The molecule has 0 spiro atoms. The molecule has 52 heavy (non-hydrogen) atoms. The number of nitrogens with zero attached hydrogens (tertiary/aromatic N) is 4. The third kappa shape index (κ3) is 5.38. The van der Waals surface area contributed by atoms with E-state index >= 15 is 0 Å². The van der Waals surface area contributed by atoms with Gasteiger partial charge in [0.1, 0.15) is 10.6 Å². The van der Waals surface area contributed by atoms with E-state index in [-0.39, 0.29) is 33.0 Å². The lowest BCUT2D eigenvalue weighted by atomic mass is 9.90. The average Bonchev–Trinajstić information content (AvgIpc) is 3.87. The maximum absolute atomic E-state index is 13.7. The summed E-state index contributed by atoms with van der Waals surface area (Å²) in [5, 5.41) is 45.4. The summed E-state index contributed by atoms with van der Waals surface area (Å²) in [7, 11) is -4.90. The first-order chi connectivity index (χ1) is 24.5. The number of esters is 1. The zero-order valence-electron chi connectivity index (χ0n) is 26.4. The number of carbonyl (C=O) groups excluding carboxylic acids is 4. The monoisotopic (exact) mass is 765 g/mol. The molecule has 6 heterocycles. The zero-order chi connectivity index (χ0) is 37.5. The number of aromatic nitrogens is 1. The molecular formula is C29H27N5O16S2. The number of Topliss-reactive ketones (excluding diaryl/α,β-unsaturated/α-hetero) is 1. The molecule has 21 nitrogen and oxygen atoms in total. The van der Waals surface area contributed by atoms with Crippen molar-refractivity contribution in [3.05, 3.63) is 28.8 Å². The van der Waals surface area contributed by atoms with Gasteiger partial charge in [0, 0.05) is 30.7 Å². The van der Waals surface area contributed by atoms with Gasteiger partial charge >= 0.3 is 23.6 Å². The number of carbonyl (C=O) groups is 6. The fourth-order valence-electron chi connectivity index (χ4n) is 6.90. The summed E-state index contributed by atoms with van der Waals surface area (Å²) in [6.07, 6.45) is -1.54. The van der Waals surface area contributed by atoms with E-state index in [0.717, 1.165) is 11.3 Å². The van der Waals surface area contributed by atoms with Crippen molar-refractivity contribution < 1.29 is 76.8 Å². The predicted octanol–water partition coefficient (Wildman–Crippen LogP) is -0.688. The number of hydroxylamine groups is 2. The number of hydrogen-bond acceptors (Lipinski definition) is 18. The quantitative estimate of drug-likeness (QED) is 0.0865. The van der Waals surface area contributed by atoms with Crippen molar-refractivity contribution in [2.45, 2.75) is 73.0 Å². The van der Waals surface area contributed by atoms with E-state index in [1.54, 1.807) is 0 Å². The number of ketones is 1. The molecule has 1 aromatic heterocycles. The Bertz CT molecular complexity index is 2090. The Kier molecular flexibility index (Phi) is 8.15. The number of nitrogen functional groups attached to an aromatic ring is 1. The second-order valence-electron chi connectivity index (χ2n) is 12.7. The Hall–Kier alpha value is -5.39. The minimum absolute atomic E-state index is 0.0233. The number of hydrogen-bond donors (Lipinski definition) is 5. The van der Waals surface area contributed by atoms with E-state index in [2.05, 4.69) is 10.1 Å². The Morgan fingerprint density at radius 3 is 2.35 bits per heavy atom. The van der Waals surface area contributed by atoms with Crippen molar-refractivity contribution in [3.63, 3.8) is 0 Å². The number of rotatable bonds is 10. The van der Waals surface area contributed by atoms with Crippen LogP contribution in [0.5, 0.6) is 11.5 Å². The molecule has 5 aliphatic rings. The molecule has 1 aromatic carbocycles. The number of thiazole rings is 1. The first kappa shape index (κ1) is 35.0. The van der Waals surface area contributed by atoms with Gasteiger partial charge in [0.25, 0.3) is 21.8 Å². The molecule has 2 aromatic rings. The van der Waals surface area contributed by atoms with E-state index in [4.69, 9.17) is 24.9 Å². The Balaban J connectivity index is 1.12. The van der Waals surface area contributed by atoms with Crippen molar-refractivity contribution >= 4 is 67.7 Å². The molecular weight excluding hydrogens is 738 g/mol. The third-order valence-electron chi connectivity index (χ3n) is 9.43. The van der Waals surface area contributed by atoms with Crippen LogP contribution < -0.4 is 5.73 Å². The van der Waals surface area contributed by atoms with Crippen LogP contribution >= 0.6 is 11.3 Å². The summed E-state index contributed by atoms with van der Waals surface area (Å²) in [6, 6.07) is -0.911. The van der Waals surface area contributed by atoms with Crippen LogP contribution in [0, 0.1) is 5.92 Å². The number of nitrogens with two attached hydrogens (primary N) is 1. The van der Waals surface area contributed by atoms with Gasteiger partial charge in [-0.15, -0.1) is 11.3 Å². The Morgan fingerprint density at radius 2 is 1.73 bits per heavy atom. The van der Waals surface area contributed by atoms with E-state index in [0.29, 0.717) is 25.0 Å². The average molecular weight is 766 g/mol. The number of carboxylic acids is 2. The predicted molar refractivity (Wildman–Crippen MR) is 166 cm³/mol. The lowest BCUT2D eigenvalue weighted by Gasteiger charge is -2.34. The first-order valence-corrected chi connectivity index (χ1v) is 17.8. The van der Waals surface area contributed by atoms with Gasteiger partial charge in [0.05, 0.1) is 36.7 Å². The van der Waals surface area contributed by atoms with Gasteiger partial charge in [0.2, 0.25) is 5.60 Å². The van der Waals surface area contributed by atoms with E-state index < -0.39 is 128 Å². The fraction of sp³-hybridized carbons (Fsp3) is 0.448. The van der Waals surface area contributed by atoms with Gasteiger partial charge in [0.15, 0.2) is 34.2 Å². The first-order valence-electron chi connectivity index (χ1n) is 15.4. The Morgan fingerprint density at radius 1 is 1.06 bits per heavy atom. The molecule has 6 N–H and O–H groups in total. The highest BCUT2D eigenvalue weighted by Gasteiger charge is 2.66. The number of fused-ring (bicyclic) bond motifs is 3. The second kappa shape index (κ2) is 12.1. The number of phenols is 2. The number of cyclic esters (lactones) is 1. The van der Waals surface area contributed by atoms with Gasteiger partial charge in [-0.3, -0.25) is 19.2 Å². The molecule has 23 heteroatoms. The van der Waals surface area contributed by atoms with Crippen LogP contribution in [0.1, 0.15) is 54.6 Å². The number of aliphatic carboxylic acids is 2. The van der Waals surface area contributed by atoms with Crippen LogP contribution in [0.3, 0.4) is 0 Å². The fourth-order valence-corrected chi connectivity index (χ4v) is 9.15. The molecule has 7 rings (SSSR count). The van der Waals surface area contributed by atoms with Crippen LogP contribution in [0.15, 0.2) is 27.6 Å². The van der Waals surface area contributed by atoms with Crippen molar-refractivity contribution in [1.29, 1.82) is 0 Å². The topological polar surface area (TPSA) is 312 Å². The molecule has 276 valence electrons. The second-order valence-corrected chi connectivity index (χ2v) is 15.4. The number of sulfonamides is 1. The minimum Gasteiger partial charge on any atom is -0.504 e. The number of carboxylic acid groups (broad SMARTS) is 2. The third-order valence-corrected chi connectivity index (χ3v) is 11.9. The molecule has 4 saturated heterocycles. The van der Waals surface area contributed by atoms with E-state index in [9.17, 15) is 57.6 Å². The molecule has 4 fully saturated rings. The normalized spacial score (nSPS) is 30.8. The van der Waals surface area contributed by atoms with Crippen molar-refractivity contribution in [2.75, 3.05) is 12.3 Å². The molecule has 0 saturated carbocycles. The number of phenolic OH excluding ortho intramolecular Hbond substituents is 2. The van der Waals surface area contributed by atoms with Crippen molar-refractivity contribution in [3.8, 4) is 11.5 Å². The molecule has 2 bridgehead atoms. The van der Waals surface area contributed by atoms with Crippen molar-refractivity contribution in [1.82, 2.24) is 14.4 Å². The summed E-state index contributed by atoms with van der Waals surface area (Å²) in [5.74, 6) is -11.5. The van der Waals surface area contributed by atoms with Gasteiger partial charge in [-0.05, 0) is 18.9 Å². The summed E-state index contributed by atoms with van der Waals surface area (Å²) < 4.78 is 37.4. The maximum atomic E-state index is 13.7. The summed E-state index contributed by atoms with van der Waals surface area (Å²) in [6.45, 7) is -0.639. The number of amides is 2. The zero-order valence-corrected chi connectivity index (χ0v) is 28.0. The number of ether oxygens (including phenoxy) is 2. The van der Waals surface area contributed by atoms with Crippen LogP contribution in [0.2, 0.25) is 0 Å². The maximum Gasteiger partial charge on any atom is 0.372 e. The minimum atomic E-state index is -4.90. The van der Waals surface area contributed by atoms with Gasteiger partial charge in [-0.2, -0.15) is 5.06 Å². The van der Waals surface area contributed by atoms with Crippen molar-refractivity contribution in [2.24, 2.45) is 11.1 Å². The number of anilines is 1. The van der Waals surface area contributed by atoms with Crippen LogP contribution in [0.4, 0.5) is 5.13 Å². The van der Waals surface area contributed by atoms with Crippen LogP contribution in [-0.2, 0) is 53.1 Å². The lowest BCUT2D eigenvalue weighted by Crippen LogP contribution is -2.56. The summed E-state index contributed by atoms with van der Waals surface area (Å²) in [5.41, 5.74) is -0.299. The van der Waals surface area contributed by atoms with Gasteiger partial charge in [-0.25, -0.2) is 32.1 Å². The summed E-state index contributed by atoms with van der Waals surface area (Å²) >= 11 is 0.932. The molecule has 0 radical (unpaired) electrons. The van der Waals surface area contributed by atoms with Crippen LogP contribution in [-0.4, -0.2) is 121 Å². The highest BCUT2D eigenvalue weighted by atomic mass is 32.2. The lowest BCUT2D eigenvalue weighted by molar-refractivity contribution is -0.256. The number of oxime groups is 1. The molecule has 2 amide bonds. The van der Waals surface area contributed by atoms with E-state index in [1.807, 2.05) is 0 Å². The highest BCUT2D eigenvalue weighted by Crippen LogP contribution is 2.45. The Labute approximate surface area is 295 Å².